The molecule has 0 aliphatic heterocycles. The number of fused-ring (bicyclic) bond motifs is 3. The van der Waals surface area contributed by atoms with Crippen LogP contribution in [0.25, 0.3) is 11.1 Å². The number of rotatable bonds is 3. The van der Waals surface area contributed by atoms with E-state index in [0.717, 1.165) is 0 Å². The van der Waals surface area contributed by atoms with E-state index in [1.807, 2.05) is 0 Å². The lowest BCUT2D eigenvalue weighted by Crippen LogP contribution is -2.41. The first-order chi connectivity index (χ1) is 10.3. The van der Waals surface area contributed by atoms with Crippen molar-refractivity contribution in [3.05, 3.63) is 59.7 Å². The summed E-state index contributed by atoms with van der Waals surface area (Å²) in [5.74, 6) is 0. The average Bonchev–Trinajstić information content (AvgIpc) is 2.80. The van der Waals surface area contributed by atoms with Crippen LogP contribution >= 0.6 is 11.1 Å². The molecule has 1 aliphatic rings. The predicted molar refractivity (Wildman–Crippen MR) is 96.9 cm³/mol. The van der Waals surface area contributed by atoms with Gasteiger partial charge in [0.1, 0.15) is 0 Å². The van der Waals surface area contributed by atoms with Crippen LogP contribution in [0.4, 0.5) is 0 Å². The van der Waals surface area contributed by atoms with E-state index < -0.39 is 7.38 Å². The van der Waals surface area contributed by atoms with Crippen LogP contribution in [-0.4, -0.2) is 19.2 Å². The Morgan fingerprint density at radius 3 is 1.86 bits per heavy atom. The molecule has 1 nitrogen and oxygen atoms in total. The van der Waals surface area contributed by atoms with Crippen molar-refractivity contribution in [2.24, 2.45) is 0 Å². The summed E-state index contributed by atoms with van der Waals surface area (Å²) in [4.78, 5) is 0. The largest absolute Gasteiger partial charge is 0.378 e. The molecule has 0 heterocycles. The van der Waals surface area contributed by atoms with Crippen molar-refractivity contribution in [2.45, 2.75) is 38.5 Å². The lowest BCUT2D eigenvalue weighted by atomic mass is 10.1. The van der Waals surface area contributed by atoms with E-state index in [1.54, 1.807) is 0 Å². The van der Waals surface area contributed by atoms with Crippen LogP contribution in [0.3, 0.4) is 0 Å². The van der Waals surface area contributed by atoms with Crippen molar-refractivity contribution < 1.29 is 4.74 Å². The van der Waals surface area contributed by atoms with Gasteiger partial charge in [0.05, 0.1) is 11.8 Å². The molecule has 1 atom stereocenters. The average molecular weight is 331 g/mol. The second kappa shape index (κ2) is 5.52. The molecule has 0 amide bonds. The van der Waals surface area contributed by atoms with Gasteiger partial charge in [0, 0.05) is 5.54 Å². The van der Waals surface area contributed by atoms with Crippen LogP contribution in [0.15, 0.2) is 48.5 Å². The minimum absolute atomic E-state index is 0.152. The highest BCUT2D eigenvalue weighted by molar-refractivity contribution is 7.20. The third kappa shape index (κ3) is 2.88. The van der Waals surface area contributed by atoms with Gasteiger partial charge in [0.2, 0.25) is 0 Å². The van der Waals surface area contributed by atoms with Gasteiger partial charge in [0.25, 0.3) is 0 Å². The van der Waals surface area contributed by atoms with Crippen molar-refractivity contribution in [3.8, 4) is 11.1 Å². The van der Waals surface area contributed by atoms with Crippen molar-refractivity contribution in [1.29, 1.82) is 0 Å². The molecule has 3 rings (SSSR count). The fourth-order valence-corrected chi connectivity index (χ4v) is 6.80. The maximum absolute atomic E-state index is 7.12. The fraction of sp³-hybridized carbons (Fsp3) is 0.368. The molecule has 0 N–H and O–H groups in total. The summed E-state index contributed by atoms with van der Waals surface area (Å²) in [6, 6.07) is 17.3. The van der Waals surface area contributed by atoms with Gasteiger partial charge in [-0.15, -0.1) is 0 Å². The SMILES string of the molecule is CC(C)(C)OC[Si](C)(Cl)C1c2ccccc2-c2ccccc21. The predicted octanol–water partition coefficient (Wildman–Crippen LogP) is 5.51. The fourth-order valence-electron chi connectivity index (χ4n) is 3.24. The first kappa shape index (κ1) is 15.8. The Labute approximate surface area is 139 Å². The summed E-state index contributed by atoms with van der Waals surface area (Å²) in [6.07, 6.45) is 0.658. The zero-order valence-electron chi connectivity index (χ0n) is 13.7. The van der Waals surface area contributed by atoms with Crippen molar-refractivity contribution >= 4 is 18.5 Å². The Bertz CT molecular complexity index is 642. The van der Waals surface area contributed by atoms with E-state index >= 15 is 0 Å². The van der Waals surface area contributed by atoms with E-state index in [9.17, 15) is 0 Å². The van der Waals surface area contributed by atoms with Gasteiger partial charge >= 0.3 is 0 Å². The van der Waals surface area contributed by atoms with Gasteiger partial charge < -0.3 is 4.74 Å². The van der Waals surface area contributed by atoms with Gasteiger partial charge in [-0.3, -0.25) is 0 Å². The summed E-state index contributed by atoms with van der Waals surface area (Å²) < 4.78 is 6.07. The van der Waals surface area contributed by atoms with Gasteiger partial charge in [-0.1, -0.05) is 55.1 Å². The summed E-state index contributed by atoms with van der Waals surface area (Å²) in [5, 5.41) is 0. The van der Waals surface area contributed by atoms with E-state index in [0.29, 0.717) is 11.8 Å². The number of benzene rings is 2. The lowest BCUT2D eigenvalue weighted by Gasteiger charge is -2.31. The highest BCUT2D eigenvalue weighted by Crippen LogP contribution is 2.49. The number of ether oxygens (including phenoxy) is 1. The normalized spacial score (nSPS) is 17.0. The molecule has 0 bridgehead atoms. The summed E-state index contributed by atoms with van der Waals surface area (Å²) in [5.41, 5.74) is 5.54. The summed E-state index contributed by atoms with van der Waals surface area (Å²) >= 11 is 7.12. The first-order valence-electron chi connectivity index (χ1n) is 7.81. The molecule has 0 saturated heterocycles. The first-order valence-corrected chi connectivity index (χ1v) is 11.6. The molecule has 0 aromatic heterocycles. The maximum atomic E-state index is 7.12. The van der Waals surface area contributed by atoms with Gasteiger partial charge in [-0.2, -0.15) is 11.1 Å². The van der Waals surface area contributed by atoms with Gasteiger partial charge in [0.15, 0.2) is 7.38 Å². The standard InChI is InChI=1S/C19H23ClOSi/c1-19(2,3)21-13-22(4,20)18-16-11-7-5-9-14(16)15-10-6-8-12-17(15)18/h5-12,18H,13H2,1-4H3. The molecule has 0 fully saturated rings. The molecule has 0 saturated carbocycles. The molecule has 0 spiro atoms. The van der Waals surface area contributed by atoms with Crippen LogP contribution < -0.4 is 0 Å². The third-order valence-electron chi connectivity index (χ3n) is 4.22. The van der Waals surface area contributed by atoms with Crippen molar-refractivity contribution in [3.63, 3.8) is 0 Å². The van der Waals surface area contributed by atoms with E-state index in [1.165, 1.54) is 22.3 Å². The Morgan fingerprint density at radius 2 is 1.41 bits per heavy atom. The minimum Gasteiger partial charge on any atom is -0.378 e. The van der Waals surface area contributed by atoms with Gasteiger partial charge in [-0.05, 0) is 43.0 Å². The summed E-state index contributed by atoms with van der Waals surface area (Å²) in [7, 11) is -2.13. The smallest absolute Gasteiger partial charge is 0.191 e. The third-order valence-corrected chi connectivity index (χ3v) is 7.74. The highest BCUT2D eigenvalue weighted by Gasteiger charge is 2.43. The van der Waals surface area contributed by atoms with Crippen molar-refractivity contribution in [2.75, 3.05) is 6.23 Å². The van der Waals surface area contributed by atoms with E-state index in [-0.39, 0.29) is 5.60 Å². The quantitative estimate of drug-likeness (QED) is 0.533. The topological polar surface area (TPSA) is 9.23 Å². The van der Waals surface area contributed by atoms with Gasteiger partial charge in [-0.25, -0.2) is 0 Å². The molecule has 22 heavy (non-hydrogen) atoms. The molecule has 1 aliphatic carbocycles. The monoisotopic (exact) mass is 330 g/mol. The Morgan fingerprint density at radius 1 is 0.955 bits per heavy atom. The van der Waals surface area contributed by atoms with Crippen LogP contribution in [0.5, 0.6) is 0 Å². The van der Waals surface area contributed by atoms with Crippen LogP contribution in [-0.2, 0) is 4.74 Å². The molecule has 1 unspecified atom stereocenters. The van der Waals surface area contributed by atoms with E-state index in [2.05, 4.69) is 75.8 Å². The molecule has 0 radical (unpaired) electrons. The highest BCUT2D eigenvalue weighted by atomic mass is 35.6. The van der Waals surface area contributed by atoms with Crippen LogP contribution in [0, 0.1) is 0 Å². The zero-order valence-corrected chi connectivity index (χ0v) is 15.4. The zero-order chi connectivity index (χ0) is 16.0. The molecular weight excluding hydrogens is 308 g/mol. The van der Waals surface area contributed by atoms with Crippen LogP contribution in [0.1, 0.15) is 37.4 Å². The van der Waals surface area contributed by atoms with Crippen LogP contribution in [0.2, 0.25) is 6.55 Å². The molecule has 2 aromatic carbocycles. The number of halogens is 1. The second-order valence-electron chi connectivity index (χ2n) is 7.29. The van der Waals surface area contributed by atoms with E-state index in [4.69, 9.17) is 15.8 Å². The molecule has 3 heteroatoms. The molecular formula is C19H23ClOSi. The number of hydrogen-bond acceptors (Lipinski definition) is 1. The lowest BCUT2D eigenvalue weighted by molar-refractivity contribution is 0.0225. The Hall–Kier alpha value is -1.09. The maximum Gasteiger partial charge on any atom is 0.191 e. The second-order valence-corrected chi connectivity index (χ2v) is 13.3. The molecule has 2 aromatic rings. The molecule has 116 valence electrons. The number of hydrogen-bond donors (Lipinski definition) is 0. The Balaban J connectivity index is 2.03. The minimum atomic E-state index is -2.13. The van der Waals surface area contributed by atoms with Crippen molar-refractivity contribution in [1.82, 2.24) is 0 Å². The summed E-state index contributed by atoms with van der Waals surface area (Å²) in [6.45, 7) is 8.49. The Kier molecular flexibility index (Phi) is 3.96.